The lowest BCUT2D eigenvalue weighted by Gasteiger charge is -2.06. The number of carbonyl (C=O) groups excluding carboxylic acids is 1. The fraction of sp³-hybridized carbons (Fsp3) is 0.167. The first kappa shape index (κ1) is 17.0. The molecule has 2 aromatic rings. The second-order valence-electron chi connectivity index (χ2n) is 4.89. The first-order chi connectivity index (χ1) is 11.6. The molecule has 0 atom stereocenters. The van der Waals surface area contributed by atoms with E-state index in [4.69, 9.17) is 14.7 Å². The maximum Gasteiger partial charge on any atom is 0.277 e. The topological polar surface area (TPSA) is 83.7 Å². The summed E-state index contributed by atoms with van der Waals surface area (Å²) in [6, 6.07) is 15.9. The molecule has 0 unspecified atom stereocenters. The number of methoxy groups -OCH3 is 1. The maximum absolute atomic E-state index is 11.8. The van der Waals surface area contributed by atoms with Gasteiger partial charge in [0, 0.05) is 0 Å². The van der Waals surface area contributed by atoms with Gasteiger partial charge in [-0.05, 0) is 48.9 Å². The van der Waals surface area contributed by atoms with E-state index in [1.165, 1.54) is 0 Å². The van der Waals surface area contributed by atoms with Crippen LogP contribution in [-0.4, -0.2) is 25.3 Å². The van der Waals surface area contributed by atoms with Crippen molar-refractivity contribution >= 4 is 11.6 Å². The van der Waals surface area contributed by atoms with Crippen LogP contribution in [0.4, 0.5) is 0 Å². The number of amides is 1. The van der Waals surface area contributed by atoms with E-state index in [0.29, 0.717) is 17.0 Å². The third-order valence-corrected chi connectivity index (χ3v) is 3.21. The standard InChI is InChI=1S/C18H17N3O3/c1-13(15-5-3-14(11-19)4-6-15)20-21-18(22)12-24-17-9-7-16(23-2)8-10-17/h3-10H,12H2,1-2H3,(H,21,22)/b20-13+. The third-order valence-electron chi connectivity index (χ3n) is 3.21. The molecule has 0 spiro atoms. The summed E-state index contributed by atoms with van der Waals surface area (Å²) in [5.74, 6) is 0.923. The minimum Gasteiger partial charge on any atom is -0.497 e. The molecule has 0 aliphatic carbocycles. The van der Waals surface area contributed by atoms with Crippen LogP contribution in [0, 0.1) is 11.3 Å². The van der Waals surface area contributed by atoms with Crippen LogP contribution in [0.2, 0.25) is 0 Å². The molecule has 0 saturated carbocycles. The van der Waals surface area contributed by atoms with E-state index in [-0.39, 0.29) is 12.5 Å². The average molecular weight is 323 g/mol. The Hall–Kier alpha value is -3.33. The van der Waals surface area contributed by atoms with Gasteiger partial charge >= 0.3 is 0 Å². The molecule has 6 heteroatoms. The zero-order valence-electron chi connectivity index (χ0n) is 13.4. The summed E-state index contributed by atoms with van der Waals surface area (Å²) >= 11 is 0. The van der Waals surface area contributed by atoms with E-state index in [0.717, 1.165) is 11.3 Å². The van der Waals surface area contributed by atoms with Crippen LogP contribution in [-0.2, 0) is 4.79 Å². The molecule has 0 radical (unpaired) electrons. The van der Waals surface area contributed by atoms with Gasteiger partial charge in [0.05, 0.1) is 24.5 Å². The fourth-order valence-corrected chi connectivity index (χ4v) is 1.85. The Morgan fingerprint density at radius 1 is 1.12 bits per heavy atom. The zero-order chi connectivity index (χ0) is 17.4. The molecule has 0 aromatic heterocycles. The van der Waals surface area contributed by atoms with Gasteiger partial charge in [-0.25, -0.2) is 5.43 Å². The highest BCUT2D eigenvalue weighted by Crippen LogP contribution is 2.16. The summed E-state index contributed by atoms with van der Waals surface area (Å²) in [5, 5.41) is 12.8. The van der Waals surface area contributed by atoms with E-state index >= 15 is 0 Å². The molecular weight excluding hydrogens is 306 g/mol. The second kappa shape index (κ2) is 8.34. The van der Waals surface area contributed by atoms with E-state index in [9.17, 15) is 4.79 Å². The van der Waals surface area contributed by atoms with Crippen LogP contribution in [0.1, 0.15) is 18.1 Å². The number of rotatable bonds is 6. The number of nitriles is 1. The van der Waals surface area contributed by atoms with Crippen molar-refractivity contribution < 1.29 is 14.3 Å². The number of hydrogen-bond donors (Lipinski definition) is 1. The molecule has 2 rings (SSSR count). The molecule has 2 aromatic carbocycles. The van der Waals surface area contributed by atoms with Crippen molar-refractivity contribution in [1.29, 1.82) is 5.26 Å². The first-order valence-corrected chi connectivity index (χ1v) is 7.23. The summed E-state index contributed by atoms with van der Waals surface area (Å²) in [6.45, 7) is 1.63. The van der Waals surface area contributed by atoms with E-state index in [1.807, 2.05) is 6.07 Å². The normalized spacial score (nSPS) is 10.6. The molecular formula is C18H17N3O3. The first-order valence-electron chi connectivity index (χ1n) is 7.23. The predicted octanol–water partition coefficient (Wildman–Crippen LogP) is 2.49. The molecule has 0 heterocycles. The van der Waals surface area contributed by atoms with Gasteiger partial charge in [0.15, 0.2) is 6.61 Å². The summed E-state index contributed by atoms with van der Waals surface area (Å²) < 4.78 is 10.4. The predicted molar refractivity (Wildman–Crippen MR) is 90.0 cm³/mol. The quantitative estimate of drug-likeness (QED) is 0.654. The smallest absolute Gasteiger partial charge is 0.277 e. The highest BCUT2D eigenvalue weighted by atomic mass is 16.5. The molecule has 0 fully saturated rings. The molecule has 6 nitrogen and oxygen atoms in total. The highest BCUT2D eigenvalue weighted by Gasteiger charge is 2.03. The van der Waals surface area contributed by atoms with Crippen molar-refractivity contribution in [3.8, 4) is 17.6 Å². The van der Waals surface area contributed by atoms with Crippen molar-refractivity contribution in [2.24, 2.45) is 5.10 Å². The van der Waals surface area contributed by atoms with Gasteiger partial charge in [0.1, 0.15) is 11.5 Å². The van der Waals surface area contributed by atoms with Crippen molar-refractivity contribution in [3.63, 3.8) is 0 Å². The van der Waals surface area contributed by atoms with Crippen molar-refractivity contribution in [1.82, 2.24) is 5.43 Å². The molecule has 0 saturated heterocycles. The summed E-state index contributed by atoms with van der Waals surface area (Å²) in [6.07, 6.45) is 0. The lowest BCUT2D eigenvalue weighted by Crippen LogP contribution is -2.25. The summed E-state index contributed by atoms with van der Waals surface area (Å²) in [7, 11) is 1.58. The number of benzene rings is 2. The van der Waals surface area contributed by atoms with Crippen LogP contribution in [0.15, 0.2) is 53.6 Å². The van der Waals surface area contributed by atoms with Crippen LogP contribution < -0.4 is 14.9 Å². The van der Waals surface area contributed by atoms with E-state index < -0.39 is 0 Å². The minimum atomic E-state index is -0.362. The molecule has 0 aliphatic heterocycles. The summed E-state index contributed by atoms with van der Waals surface area (Å²) in [4.78, 5) is 11.8. The molecule has 122 valence electrons. The number of hydrazone groups is 1. The Kier molecular flexibility index (Phi) is 5.92. The Labute approximate surface area is 140 Å². The van der Waals surface area contributed by atoms with Gasteiger partial charge in [-0.1, -0.05) is 12.1 Å². The lowest BCUT2D eigenvalue weighted by atomic mass is 10.1. The van der Waals surface area contributed by atoms with Crippen molar-refractivity contribution in [3.05, 3.63) is 59.7 Å². The van der Waals surface area contributed by atoms with Crippen molar-refractivity contribution in [2.45, 2.75) is 6.92 Å². The van der Waals surface area contributed by atoms with Crippen LogP contribution in [0.5, 0.6) is 11.5 Å². The number of hydrogen-bond acceptors (Lipinski definition) is 5. The number of nitrogens with zero attached hydrogens (tertiary/aromatic N) is 2. The van der Waals surface area contributed by atoms with Gasteiger partial charge < -0.3 is 9.47 Å². The average Bonchev–Trinajstić information content (AvgIpc) is 2.64. The molecule has 0 bridgehead atoms. The number of ether oxygens (including phenoxy) is 2. The molecule has 24 heavy (non-hydrogen) atoms. The Balaban J connectivity index is 1.85. The Bertz CT molecular complexity index is 760. The van der Waals surface area contributed by atoms with Gasteiger partial charge in [-0.15, -0.1) is 0 Å². The van der Waals surface area contributed by atoms with Gasteiger partial charge in [0.25, 0.3) is 5.91 Å². The summed E-state index contributed by atoms with van der Waals surface area (Å²) in [5.41, 5.74) is 4.47. The Morgan fingerprint density at radius 3 is 2.33 bits per heavy atom. The van der Waals surface area contributed by atoms with Gasteiger partial charge in [-0.2, -0.15) is 10.4 Å². The van der Waals surface area contributed by atoms with Crippen LogP contribution >= 0.6 is 0 Å². The molecule has 0 aliphatic rings. The lowest BCUT2D eigenvalue weighted by molar-refractivity contribution is -0.123. The van der Waals surface area contributed by atoms with E-state index in [2.05, 4.69) is 10.5 Å². The largest absolute Gasteiger partial charge is 0.497 e. The monoisotopic (exact) mass is 323 g/mol. The minimum absolute atomic E-state index is 0.142. The van der Waals surface area contributed by atoms with E-state index in [1.54, 1.807) is 62.6 Å². The number of carbonyl (C=O) groups is 1. The van der Waals surface area contributed by atoms with Gasteiger partial charge in [-0.3, -0.25) is 4.79 Å². The molecule has 1 amide bonds. The third kappa shape index (κ3) is 4.85. The maximum atomic E-state index is 11.8. The Morgan fingerprint density at radius 2 is 1.75 bits per heavy atom. The van der Waals surface area contributed by atoms with Gasteiger partial charge in [0.2, 0.25) is 0 Å². The fourth-order valence-electron chi connectivity index (χ4n) is 1.85. The van der Waals surface area contributed by atoms with Crippen LogP contribution in [0.25, 0.3) is 0 Å². The van der Waals surface area contributed by atoms with Crippen molar-refractivity contribution in [2.75, 3.05) is 13.7 Å². The number of nitrogens with one attached hydrogen (secondary N) is 1. The molecule has 1 N–H and O–H groups in total. The highest BCUT2D eigenvalue weighted by molar-refractivity contribution is 5.99. The zero-order valence-corrected chi connectivity index (χ0v) is 13.4. The second-order valence-corrected chi connectivity index (χ2v) is 4.89. The SMILES string of the molecule is COc1ccc(OCC(=O)N/N=C(\C)c2ccc(C#N)cc2)cc1. The van der Waals surface area contributed by atoms with Crippen LogP contribution in [0.3, 0.4) is 0 Å².